The molecular formula is C20H24ClF3N2O3. The first-order valence-electron chi connectivity index (χ1n) is 9.72. The Hall–Kier alpha value is -1.80. The molecule has 29 heavy (non-hydrogen) atoms. The lowest BCUT2D eigenvalue weighted by Crippen LogP contribution is -2.54. The Labute approximate surface area is 172 Å². The Morgan fingerprint density at radius 3 is 2.10 bits per heavy atom. The van der Waals surface area contributed by atoms with Crippen LogP contribution in [0, 0.1) is 0 Å². The third kappa shape index (κ3) is 5.22. The third-order valence-electron chi connectivity index (χ3n) is 5.59. The van der Waals surface area contributed by atoms with Gasteiger partial charge in [-0.15, -0.1) is 11.6 Å². The molecule has 0 bridgehead atoms. The molecule has 0 atom stereocenters. The number of carbonyl (C=O) groups is 2. The number of alkyl halides is 4. The predicted molar refractivity (Wildman–Crippen MR) is 102 cm³/mol. The van der Waals surface area contributed by atoms with Gasteiger partial charge in [0.2, 0.25) is 5.91 Å². The first-order valence-corrected chi connectivity index (χ1v) is 10.3. The van der Waals surface area contributed by atoms with E-state index in [1.807, 2.05) is 4.90 Å². The fourth-order valence-corrected chi connectivity index (χ4v) is 4.21. The van der Waals surface area contributed by atoms with E-state index in [0.717, 1.165) is 25.0 Å². The molecular weight excluding hydrogens is 409 g/mol. The number of rotatable bonds is 4. The lowest BCUT2D eigenvalue weighted by Gasteiger charge is -2.43. The van der Waals surface area contributed by atoms with Gasteiger partial charge in [0.1, 0.15) is 5.88 Å². The fraction of sp³-hybridized carbons (Fsp3) is 0.600. The van der Waals surface area contributed by atoms with Crippen molar-refractivity contribution in [1.29, 1.82) is 0 Å². The van der Waals surface area contributed by atoms with Crippen molar-refractivity contribution in [3.8, 4) is 0 Å². The molecule has 2 aliphatic heterocycles. The van der Waals surface area contributed by atoms with Gasteiger partial charge < -0.3 is 14.5 Å². The number of amides is 2. The van der Waals surface area contributed by atoms with Crippen molar-refractivity contribution >= 4 is 23.4 Å². The van der Waals surface area contributed by atoms with Crippen LogP contribution in [0.4, 0.5) is 13.2 Å². The van der Waals surface area contributed by atoms with Gasteiger partial charge in [0.25, 0.3) is 5.91 Å². The summed E-state index contributed by atoms with van der Waals surface area (Å²) >= 11 is 5.82. The summed E-state index contributed by atoms with van der Waals surface area (Å²) in [7, 11) is 0. The Bertz CT molecular complexity index is 713. The molecule has 9 heteroatoms. The largest absolute Gasteiger partial charge is 0.416 e. The zero-order chi connectivity index (χ0) is 21.0. The van der Waals surface area contributed by atoms with Crippen molar-refractivity contribution in [1.82, 2.24) is 9.80 Å². The molecule has 0 radical (unpaired) electrons. The van der Waals surface area contributed by atoms with Gasteiger partial charge in [0.15, 0.2) is 0 Å². The molecule has 2 aliphatic rings. The number of halogens is 4. The SMILES string of the molecule is O=C(c1ccc(C(F)(F)F)cc1)N1CCC(N(C(=O)CCl)C2CCOCC2)CC1. The lowest BCUT2D eigenvalue weighted by atomic mass is 9.97. The molecule has 2 heterocycles. The molecule has 1 aromatic rings. The summed E-state index contributed by atoms with van der Waals surface area (Å²) in [5.74, 6) is -0.480. The first kappa shape index (κ1) is 21.9. The van der Waals surface area contributed by atoms with E-state index in [1.165, 1.54) is 12.1 Å². The summed E-state index contributed by atoms with van der Waals surface area (Å²) < 4.78 is 43.5. The number of piperidine rings is 1. The smallest absolute Gasteiger partial charge is 0.381 e. The molecule has 0 saturated carbocycles. The highest BCUT2D eigenvalue weighted by molar-refractivity contribution is 6.27. The van der Waals surface area contributed by atoms with Gasteiger partial charge in [-0.3, -0.25) is 9.59 Å². The average molecular weight is 433 g/mol. The minimum atomic E-state index is -4.43. The second kappa shape index (κ2) is 9.34. The summed E-state index contributed by atoms with van der Waals surface area (Å²) in [6, 6.07) is 4.36. The van der Waals surface area contributed by atoms with Crippen molar-refractivity contribution in [2.45, 2.75) is 43.9 Å². The van der Waals surface area contributed by atoms with Gasteiger partial charge in [0, 0.05) is 44.0 Å². The summed E-state index contributed by atoms with van der Waals surface area (Å²) in [6.45, 7) is 2.11. The van der Waals surface area contributed by atoms with E-state index in [2.05, 4.69) is 0 Å². The molecule has 0 spiro atoms. The van der Waals surface area contributed by atoms with E-state index in [4.69, 9.17) is 16.3 Å². The molecule has 160 valence electrons. The van der Waals surface area contributed by atoms with Crippen molar-refractivity contribution < 1.29 is 27.5 Å². The second-order valence-electron chi connectivity index (χ2n) is 7.38. The molecule has 0 aromatic heterocycles. The number of hydrogen-bond donors (Lipinski definition) is 0. The Kier molecular flexibility index (Phi) is 7.05. The van der Waals surface area contributed by atoms with Crippen LogP contribution in [0.1, 0.15) is 41.6 Å². The van der Waals surface area contributed by atoms with Crippen molar-refractivity contribution in [2.24, 2.45) is 0 Å². The van der Waals surface area contributed by atoms with Gasteiger partial charge in [-0.05, 0) is 49.9 Å². The highest BCUT2D eigenvalue weighted by Crippen LogP contribution is 2.30. The Morgan fingerprint density at radius 2 is 1.59 bits per heavy atom. The van der Waals surface area contributed by atoms with Gasteiger partial charge in [-0.2, -0.15) is 13.2 Å². The quantitative estimate of drug-likeness (QED) is 0.684. The molecule has 3 rings (SSSR count). The van der Waals surface area contributed by atoms with Crippen LogP contribution in [-0.4, -0.2) is 65.9 Å². The highest BCUT2D eigenvalue weighted by Gasteiger charge is 2.35. The number of ether oxygens (including phenoxy) is 1. The maximum atomic E-state index is 12.7. The molecule has 0 aliphatic carbocycles. The third-order valence-corrected chi connectivity index (χ3v) is 5.82. The monoisotopic (exact) mass is 432 g/mol. The van der Waals surface area contributed by atoms with Crippen molar-refractivity contribution in [2.75, 3.05) is 32.2 Å². The topological polar surface area (TPSA) is 49.9 Å². The zero-order valence-corrected chi connectivity index (χ0v) is 16.7. The van der Waals surface area contributed by atoms with Crippen LogP contribution in [-0.2, 0) is 15.7 Å². The second-order valence-corrected chi connectivity index (χ2v) is 7.64. The lowest BCUT2D eigenvalue weighted by molar-refractivity contribution is -0.138. The number of carbonyl (C=O) groups excluding carboxylic acids is 2. The van der Waals surface area contributed by atoms with Gasteiger partial charge in [-0.1, -0.05) is 0 Å². The molecule has 5 nitrogen and oxygen atoms in total. The van der Waals surface area contributed by atoms with Gasteiger partial charge in [0.05, 0.1) is 5.56 Å². The molecule has 1 aromatic carbocycles. The van der Waals surface area contributed by atoms with E-state index in [-0.39, 0.29) is 35.3 Å². The van der Waals surface area contributed by atoms with E-state index < -0.39 is 11.7 Å². The highest BCUT2D eigenvalue weighted by atomic mass is 35.5. The van der Waals surface area contributed by atoms with Crippen LogP contribution < -0.4 is 0 Å². The number of nitrogens with zero attached hydrogens (tertiary/aromatic N) is 2. The average Bonchev–Trinajstić information content (AvgIpc) is 2.74. The van der Waals surface area contributed by atoms with Crippen LogP contribution in [0.3, 0.4) is 0 Å². The van der Waals surface area contributed by atoms with Crippen molar-refractivity contribution in [3.05, 3.63) is 35.4 Å². The fourth-order valence-electron chi connectivity index (χ4n) is 4.07. The Morgan fingerprint density at radius 1 is 1.03 bits per heavy atom. The molecule has 2 amide bonds. The summed E-state index contributed by atoms with van der Waals surface area (Å²) in [4.78, 5) is 28.6. The number of likely N-dealkylation sites (tertiary alicyclic amines) is 1. The molecule has 0 N–H and O–H groups in total. The minimum absolute atomic E-state index is 0.000931. The van der Waals surface area contributed by atoms with Crippen LogP contribution >= 0.6 is 11.6 Å². The van der Waals surface area contributed by atoms with Crippen LogP contribution in [0.15, 0.2) is 24.3 Å². The minimum Gasteiger partial charge on any atom is -0.381 e. The van der Waals surface area contributed by atoms with Crippen LogP contribution in [0.25, 0.3) is 0 Å². The predicted octanol–water partition coefficient (Wildman–Crippen LogP) is 3.56. The molecule has 2 fully saturated rings. The standard InChI is InChI=1S/C20H24ClF3N2O3/c21-13-18(27)26(17-7-11-29-12-8-17)16-5-9-25(10-6-16)19(28)14-1-3-15(4-2-14)20(22,23)24/h1-4,16-17H,5-13H2. The Balaban J connectivity index is 1.62. The van der Waals surface area contributed by atoms with Gasteiger partial charge in [-0.25, -0.2) is 0 Å². The zero-order valence-electron chi connectivity index (χ0n) is 16.0. The first-order chi connectivity index (χ1) is 13.8. The van der Waals surface area contributed by atoms with Crippen LogP contribution in [0.5, 0.6) is 0 Å². The van der Waals surface area contributed by atoms with Crippen LogP contribution in [0.2, 0.25) is 0 Å². The number of benzene rings is 1. The summed E-state index contributed by atoms with van der Waals surface area (Å²) in [5.41, 5.74) is -0.547. The van der Waals surface area contributed by atoms with Gasteiger partial charge >= 0.3 is 6.18 Å². The summed E-state index contributed by atoms with van der Waals surface area (Å²) in [6.07, 6.45) is -1.65. The van der Waals surface area contributed by atoms with E-state index in [1.54, 1.807) is 4.90 Å². The summed E-state index contributed by atoms with van der Waals surface area (Å²) in [5, 5.41) is 0. The molecule has 0 unspecified atom stereocenters. The molecule has 2 saturated heterocycles. The normalized spacial score (nSPS) is 19.2. The number of hydrogen-bond acceptors (Lipinski definition) is 3. The van der Waals surface area contributed by atoms with Crippen molar-refractivity contribution in [3.63, 3.8) is 0 Å². The maximum absolute atomic E-state index is 12.7. The van der Waals surface area contributed by atoms with E-state index in [0.29, 0.717) is 39.1 Å². The van der Waals surface area contributed by atoms with E-state index in [9.17, 15) is 22.8 Å². The maximum Gasteiger partial charge on any atom is 0.416 e. The van der Waals surface area contributed by atoms with E-state index >= 15 is 0 Å².